The molecule has 4 rings (SSSR count). The van der Waals surface area contributed by atoms with Gasteiger partial charge in [-0.25, -0.2) is 4.98 Å². The van der Waals surface area contributed by atoms with Crippen LogP contribution in [0.3, 0.4) is 0 Å². The highest BCUT2D eigenvalue weighted by Gasteiger charge is 2.32. The molecule has 0 aromatic carbocycles. The molecule has 0 saturated carbocycles. The number of pyridine rings is 1. The van der Waals surface area contributed by atoms with Crippen LogP contribution in [0.5, 0.6) is 0 Å². The molecule has 6 heteroatoms. The van der Waals surface area contributed by atoms with Gasteiger partial charge < -0.3 is 14.1 Å². The van der Waals surface area contributed by atoms with Gasteiger partial charge in [0.15, 0.2) is 0 Å². The van der Waals surface area contributed by atoms with E-state index >= 15 is 0 Å². The first kappa shape index (κ1) is 13.5. The Hall–Kier alpha value is -2.21. The summed E-state index contributed by atoms with van der Waals surface area (Å²) in [6.45, 7) is 2.44. The van der Waals surface area contributed by atoms with Crippen LogP contribution in [0.4, 0.5) is 0 Å². The lowest BCUT2D eigenvalue weighted by Crippen LogP contribution is -2.39. The predicted octanol–water partition coefficient (Wildman–Crippen LogP) is 1.66. The van der Waals surface area contributed by atoms with Gasteiger partial charge in [-0.05, 0) is 18.6 Å². The van der Waals surface area contributed by atoms with Gasteiger partial charge in [-0.2, -0.15) is 0 Å². The molecule has 0 N–H and O–H groups in total. The summed E-state index contributed by atoms with van der Waals surface area (Å²) in [5, 5.41) is 0. The number of aromatic nitrogens is 2. The number of carbonyl (C=O) groups is 1. The van der Waals surface area contributed by atoms with Crippen LogP contribution in [0.2, 0.25) is 0 Å². The van der Waals surface area contributed by atoms with Gasteiger partial charge in [-0.3, -0.25) is 9.78 Å². The standard InChI is InChI=1S/C16H17N3O3/c20-16(12-4-7-21-10-12)19-6-3-14-13(9-19)18-15(22-14)11-2-1-5-17-8-11/h1-2,5,8,12H,3-4,6-7,9-10H2. The van der Waals surface area contributed by atoms with Crippen molar-refractivity contribution in [2.75, 3.05) is 19.8 Å². The monoisotopic (exact) mass is 299 g/mol. The molecule has 0 bridgehead atoms. The number of carbonyl (C=O) groups excluding carboxylic acids is 1. The highest BCUT2D eigenvalue weighted by molar-refractivity contribution is 5.79. The zero-order valence-corrected chi connectivity index (χ0v) is 12.2. The smallest absolute Gasteiger partial charge is 0.228 e. The first-order valence-electron chi connectivity index (χ1n) is 7.57. The van der Waals surface area contributed by atoms with E-state index in [1.165, 1.54) is 0 Å². The first-order chi connectivity index (χ1) is 10.8. The maximum absolute atomic E-state index is 12.5. The number of rotatable bonds is 2. The highest BCUT2D eigenvalue weighted by Crippen LogP contribution is 2.27. The van der Waals surface area contributed by atoms with E-state index in [9.17, 15) is 4.79 Å². The first-order valence-corrected chi connectivity index (χ1v) is 7.57. The molecule has 4 heterocycles. The zero-order valence-electron chi connectivity index (χ0n) is 12.2. The number of oxazole rings is 1. The average molecular weight is 299 g/mol. The Kier molecular flexibility index (Phi) is 3.38. The Bertz CT molecular complexity index is 677. The van der Waals surface area contributed by atoms with Crippen LogP contribution in [-0.4, -0.2) is 40.5 Å². The van der Waals surface area contributed by atoms with Gasteiger partial charge in [0, 0.05) is 32.0 Å². The second-order valence-electron chi connectivity index (χ2n) is 5.70. The summed E-state index contributed by atoms with van der Waals surface area (Å²) in [7, 11) is 0. The van der Waals surface area contributed by atoms with Gasteiger partial charge in [0.05, 0.1) is 24.6 Å². The molecule has 0 spiro atoms. The molecule has 1 saturated heterocycles. The average Bonchev–Trinajstić information content (AvgIpc) is 3.23. The van der Waals surface area contributed by atoms with Crippen LogP contribution in [0, 0.1) is 5.92 Å². The Balaban J connectivity index is 1.54. The van der Waals surface area contributed by atoms with E-state index in [1.807, 2.05) is 17.0 Å². The molecule has 1 fully saturated rings. The number of ether oxygens (including phenoxy) is 1. The fourth-order valence-corrected chi connectivity index (χ4v) is 2.99. The van der Waals surface area contributed by atoms with Crippen molar-refractivity contribution in [1.82, 2.24) is 14.9 Å². The third-order valence-electron chi connectivity index (χ3n) is 4.23. The molecule has 114 valence electrons. The lowest BCUT2D eigenvalue weighted by molar-refractivity contribution is -0.136. The molecular weight excluding hydrogens is 282 g/mol. The van der Waals surface area contributed by atoms with E-state index in [1.54, 1.807) is 12.4 Å². The van der Waals surface area contributed by atoms with Gasteiger partial charge in [0.25, 0.3) is 0 Å². The molecular formula is C16H17N3O3. The molecule has 0 radical (unpaired) electrons. The van der Waals surface area contributed by atoms with Crippen molar-refractivity contribution in [3.63, 3.8) is 0 Å². The van der Waals surface area contributed by atoms with Crippen molar-refractivity contribution in [2.45, 2.75) is 19.4 Å². The van der Waals surface area contributed by atoms with Gasteiger partial charge in [-0.1, -0.05) is 0 Å². The van der Waals surface area contributed by atoms with Crippen molar-refractivity contribution in [3.05, 3.63) is 36.0 Å². The second kappa shape index (κ2) is 5.53. The summed E-state index contributed by atoms with van der Waals surface area (Å²) in [5.41, 5.74) is 1.72. The minimum atomic E-state index is 0.00578. The molecule has 22 heavy (non-hydrogen) atoms. The predicted molar refractivity (Wildman–Crippen MR) is 77.8 cm³/mol. The number of nitrogens with zero attached hydrogens (tertiary/aromatic N) is 3. The Morgan fingerprint density at radius 2 is 2.36 bits per heavy atom. The molecule has 2 aromatic heterocycles. The summed E-state index contributed by atoms with van der Waals surface area (Å²) >= 11 is 0. The van der Waals surface area contributed by atoms with Gasteiger partial charge in [-0.15, -0.1) is 0 Å². The van der Waals surface area contributed by atoms with E-state index in [2.05, 4.69) is 9.97 Å². The minimum Gasteiger partial charge on any atom is -0.441 e. The highest BCUT2D eigenvalue weighted by atomic mass is 16.5. The summed E-state index contributed by atoms with van der Waals surface area (Å²) in [6.07, 6.45) is 4.98. The van der Waals surface area contributed by atoms with Crippen molar-refractivity contribution in [2.24, 2.45) is 5.92 Å². The fourth-order valence-electron chi connectivity index (χ4n) is 2.99. The van der Waals surface area contributed by atoms with Gasteiger partial charge in [0.2, 0.25) is 11.8 Å². The minimum absolute atomic E-state index is 0.00578. The van der Waals surface area contributed by atoms with Gasteiger partial charge >= 0.3 is 0 Å². The van der Waals surface area contributed by atoms with Crippen LogP contribution in [-0.2, 0) is 22.5 Å². The van der Waals surface area contributed by atoms with Crippen LogP contribution in [0.15, 0.2) is 28.9 Å². The Labute approximate surface area is 128 Å². The number of hydrogen-bond acceptors (Lipinski definition) is 5. The number of amides is 1. The van der Waals surface area contributed by atoms with E-state index < -0.39 is 0 Å². The number of fused-ring (bicyclic) bond motifs is 1. The maximum Gasteiger partial charge on any atom is 0.228 e. The van der Waals surface area contributed by atoms with E-state index in [4.69, 9.17) is 9.15 Å². The summed E-state index contributed by atoms with van der Waals surface area (Å²) in [6, 6.07) is 3.78. The van der Waals surface area contributed by atoms with Crippen molar-refractivity contribution >= 4 is 5.91 Å². The molecule has 2 aliphatic heterocycles. The van der Waals surface area contributed by atoms with Crippen LogP contribution in [0.1, 0.15) is 17.9 Å². The summed E-state index contributed by atoms with van der Waals surface area (Å²) in [4.78, 5) is 23.0. The van der Waals surface area contributed by atoms with Crippen molar-refractivity contribution in [1.29, 1.82) is 0 Å². The lowest BCUT2D eigenvalue weighted by Gasteiger charge is -2.27. The SMILES string of the molecule is O=C(C1CCOC1)N1CCc2oc(-c3cccnc3)nc2C1. The molecule has 1 amide bonds. The largest absolute Gasteiger partial charge is 0.441 e. The second-order valence-corrected chi connectivity index (χ2v) is 5.70. The van der Waals surface area contributed by atoms with Crippen LogP contribution < -0.4 is 0 Å². The van der Waals surface area contributed by atoms with Crippen LogP contribution in [0.25, 0.3) is 11.5 Å². The quantitative estimate of drug-likeness (QED) is 0.843. The fraction of sp³-hybridized carbons (Fsp3) is 0.438. The molecule has 1 unspecified atom stereocenters. The Morgan fingerprint density at radius 3 is 3.14 bits per heavy atom. The van der Waals surface area contributed by atoms with Crippen molar-refractivity contribution in [3.8, 4) is 11.5 Å². The molecule has 2 aromatic rings. The van der Waals surface area contributed by atoms with E-state index in [-0.39, 0.29) is 11.8 Å². The molecule has 1 atom stereocenters. The molecule has 2 aliphatic rings. The Morgan fingerprint density at radius 1 is 1.41 bits per heavy atom. The summed E-state index contributed by atoms with van der Waals surface area (Å²) in [5.74, 6) is 1.64. The van der Waals surface area contributed by atoms with Gasteiger partial charge in [0.1, 0.15) is 11.5 Å². The third kappa shape index (κ3) is 2.39. The third-order valence-corrected chi connectivity index (χ3v) is 4.23. The molecule has 0 aliphatic carbocycles. The maximum atomic E-state index is 12.5. The van der Waals surface area contributed by atoms with E-state index in [0.717, 1.165) is 23.4 Å². The molecule has 6 nitrogen and oxygen atoms in total. The summed E-state index contributed by atoms with van der Waals surface area (Å²) < 4.78 is 11.1. The zero-order chi connectivity index (χ0) is 14.9. The van der Waals surface area contributed by atoms with E-state index in [0.29, 0.717) is 38.6 Å². The van der Waals surface area contributed by atoms with Crippen molar-refractivity contribution < 1.29 is 13.9 Å². The normalized spacial score (nSPS) is 20.9. The topological polar surface area (TPSA) is 68.5 Å². The lowest BCUT2D eigenvalue weighted by atomic mass is 10.1. The number of hydrogen-bond donors (Lipinski definition) is 0. The van der Waals surface area contributed by atoms with Crippen LogP contribution >= 0.6 is 0 Å².